The quantitative estimate of drug-likeness (QED) is 0.589. The van der Waals surface area contributed by atoms with E-state index in [4.69, 9.17) is 9.47 Å². The number of rotatable bonds is 11. The van der Waals surface area contributed by atoms with Crippen LogP contribution in [0.15, 0.2) is 18.3 Å². The van der Waals surface area contributed by atoms with Gasteiger partial charge in [-0.1, -0.05) is 41.0 Å². The van der Waals surface area contributed by atoms with E-state index >= 15 is 0 Å². The van der Waals surface area contributed by atoms with Gasteiger partial charge in [-0.05, 0) is 37.2 Å². The van der Waals surface area contributed by atoms with Gasteiger partial charge in [0.05, 0.1) is 18.5 Å². The molecule has 0 aliphatic carbocycles. The lowest BCUT2D eigenvalue weighted by atomic mass is 9.84. The maximum absolute atomic E-state index is 12.9. The molecule has 0 aromatic carbocycles. The van der Waals surface area contributed by atoms with Crippen LogP contribution >= 0.6 is 0 Å². The topological polar surface area (TPSA) is 60.5 Å². The summed E-state index contributed by atoms with van der Waals surface area (Å²) >= 11 is 0. The van der Waals surface area contributed by atoms with E-state index in [1.165, 1.54) is 0 Å². The Bertz CT molecular complexity index is 502. The summed E-state index contributed by atoms with van der Waals surface area (Å²) in [5.41, 5.74) is -0.166. The SMILES string of the molecule is CCCCOc1ccc(NC(=O)C(CC(C)C)(CC(C)C)OC)cn1. The highest BCUT2D eigenvalue weighted by Gasteiger charge is 2.39. The third-order valence-corrected chi connectivity index (χ3v) is 4.02. The molecule has 1 N–H and O–H groups in total. The van der Waals surface area contributed by atoms with Gasteiger partial charge < -0.3 is 14.8 Å². The normalized spacial score (nSPS) is 11.8. The van der Waals surface area contributed by atoms with Gasteiger partial charge in [0, 0.05) is 13.2 Å². The molecule has 0 atom stereocenters. The van der Waals surface area contributed by atoms with E-state index in [1.807, 2.05) is 6.07 Å². The van der Waals surface area contributed by atoms with Crippen molar-refractivity contribution < 1.29 is 14.3 Å². The van der Waals surface area contributed by atoms with Crippen LogP contribution in [0, 0.1) is 11.8 Å². The monoisotopic (exact) mass is 350 g/mol. The Hall–Kier alpha value is -1.62. The zero-order valence-electron chi connectivity index (χ0n) is 16.6. The van der Waals surface area contributed by atoms with E-state index in [0.29, 0.717) is 42.9 Å². The molecular formula is C20H34N2O3. The van der Waals surface area contributed by atoms with Gasteiger partial charge in [-0.15, -0.1) is 0 Å². The molecule has 1 heterocycles. The van der Waals surface area contributed by atoms with Gasteiger partial charge in [0.1, 0.15) is 5.60 Å². The van der Waals surface area contributed by atoms with Crippen molar-refractivity contribution in [2.45, 2.75) is 65.9 Å². The third-order valence-electron chi connectivity index (χ3n) is 4.02. The number of amides is 1. The van der Waals surface area contributed by atoms with E-state index < -0.39 is 5.60 Å². The number of aromatic nitrogens is 1. The van der Waals surface area contributed by atoms with Crippen LogP contribution in [-0.2, 0) is 9.53 Å². The number of nitrogens with zero attached hydrogens (tertiary/aromatic N) is 1. The van der Waals surface area contributed by atoms with Crippen molar-refractivity contribution in [1.82, 2.24) is 4.98 Å². The van der Waals surface area contributed by atoms with Gasteiger partial charge >= 0.3 is 0 Å². The number of carbonyl (C=O) groups excluding carboxylic acids is 1. The first-order chi connectivity index (χ1) is 11.8. The van der Waals surface area contributed by atoms with E-state index in [0.717, 1.165) is 12.8 Å². The van der Waals surface area contributed by atoms with Gasteiger partial charge in [0.2, 0.25) is 5.88 Å². The number of nitrogens with one attached hydrogen (secondary N) is 1. The summed E-state index contributed by atoms with van der Waals surface area (Å²) in [4.78, 5) is 17.2. The number of unbranched alkanes of at least 4 members (excludes halogenated alkanes) is 1. The van der Waals surface area contributed by atoms with Crippen molar-refractivity contribution in [2.24, 2.45) is 11.8 Å². The number of carbonyl (C=O) groups is 1. The van der Waals surface area contributed by atoms with Gasteiger partial charge in [0.15, 0.2) is 0 Å². The summed E-state index contributed by atoms with van der Waals surface area (Å²) < 4.78 is 11.3. The highest BCUT2D eigenvalue weighted by Crippen LogP contribution is 2.30. The van der Waals surface area contributed by atoms with Crippen molar-refractivity contribution in [3.8, 4) is 5.88 Å². The molecule has 25 heavy (non-hydrogen) atoms. The highest BCUT2D eigenvalue weighted by atomic mass is 16.5. The van der Waals surface area contributed by atoms with Crippen molar-refractivity contribution in [3.05, 3.63) is 18.3 Å². The lowest BCUT2D eigenvalue weighted by molar-refractivity contribution is -0.142. The van der Waals surface area contributed by atoms with Crippen LogP contribution in [-0.4, -0.2) is 30.2 Å². The van der Waals surface area contributed by atoms with Crippen molar-refractivity contribution in [2.75, 3.05) is 19.0 Å². The Morgan fingerprint density at radius 2 is 1.84 bits per heavy atom. The van der Waals surface area contributed by atoms with Crippen molar-refractivity contribution >= 4 is 11.6 Å². The predicted molar refractivity (Wildman–Crippen MR) is 102 cm³/mol. The lowest BCUT2D eigenvalue weighted by Gasteiger charge is -2.34. The van der Waals surface area contributed by atoms with Gasteiger partial charge in [0.25, 0.3) is 5.91 Å². The summed E-state index contributed by atoms with van der Waals surface area (Å²) in [6.07, 6.45) is 5.07. The molecule has 1 aromatic rings. The molecule has 0 saturated heterocycles. The second-order valence-corrected chi connectivity index (χ2v) is 7.44. The highest BCUT2D eigenvalue weighted by molar-refractivity contribution is 5.97. The molecule has 1 rings (SSSR count). The molecule has 1 amide bonds. The van der Waals surface area contributed by atoms with Crippen molar-refractivity contribution in [1.29, 1.82) is 0 Å². The fraction of sp³-hybridized carbons (Fsp3) is 0.700. The Morgan fingerprint density at radius 3 is 2.28 bits per heavy atom. The first-order valence-electron chi connectivity index (χ1n) is 9.28. The minimum atomic E-state index is -0.821. The number of hydrogen-bond donors (Lipinski definition) is 1. The molecule has 0 bridgehead atoms. The summed E-state index contributed by atoms with van der Waals surface area (Å²) in [7, 11) is 1.62. The maximum atomic E-state index is 12.9. The predicted octanol–water partition coefficient (Wildman–Crippen LogP) is 4.68. The molecule has 0 radical (unpaired) electrons. The van der Waals surface area contributed by atoms with Crippen LogP contribution in [0.1, 0.15) is 60.3 Å². The Morgan fingerprint density at radius 1 is 1.20 bits per heavy atom. The summed E-state index contributed by atoms with van der Waals surface area (Å²) in [6.45, 7) is 11.2. The van der Waals surface area contributed by atoms with Crippen molar-refractivity contribution in [3.63, 3.8) is 0 Å². The fourth-order valence-electron chi connectivity index (χ4n) is 2.95. The minimum absolute atomic E-state index is 0.112. The third kappa shape index (κ3) is 7.02. The first kappa shape index (κ1) is 21.4. The summed E-state index contributed by atoms with van der Waals surface area (Å²) in [5, 5.41) is 2.96. The molecule has 0 spiro atoms. The van der Waals surface area contributed by atoms with Gasteiger partial charge in [-0.2, -0.15) is 0 Å². The molecule has 5 heteroatoms. The Labute approximate surface area is 152 Å². The maximum Gasteiger partial charge on any atom is 0.256 e. The lowest BCUT2D eigenvalue weighted by Crippen LogP contribution is -2.46. The zero-order chi connectivity index (χ0) is 18.9. The molecule has 0 aliphatic rings. The number of hydrogen-bond acceptors (Lipinski definition) is 4. The number of anilines is 1. The second kappa shape index (κ2) is 10.4. The Kier molecular flexibility index (Phi) is 8.90. The molecule has 0 fully saturated rings. The van der Waals surface area contributed by atoms with Crippen LogP contribution in [0.2, 0.25) is 0 Å². The molecular weight excluding hydrogens is 316 g/mol. The minimum Gasteiger partial charge on any atom is -0.478 e. The smallest absolute Gasteiger partial charge is 0.256 e. The van der Waals surface area contributed by atoms with Crippen LogP contribution in [0.25, 0.3) is 0 Å². The zero-order valence-corrected chi connectivity index (χ0v) is 16.6. The second-order valence-electron chi connectivity index (χ2n) is 7.44. The average Bonchev–Trinajstić information content (AvgIpc) is 2.55. The number of methoxy groups -OCH3 is 1. The molecule has 0 unspecified atom stereocenters. The van der Waals surface area contributed by atoms with Crippen LogP contribution in [0.4, 0.5) is 5.69 Å². The Balaban J connectivity index is 2.81. The molecule has 0 saturated carbocycles. The average molecular weight is 351 g/mol. The molecule has 1 aromatic heterocycles. The van der Waals surface area contributed by atoms with E-state index in [1.54, 1.807) is 19.4 Å². The van der Waals surface area contributed by atoms with Crippen LogP contribution < -0.4 is 10.1 Å². The van der Waals surface area contributed by atoms with E-state index in [2.05, 4.69) is 44.9 Å². The first-order valence-corrected chi connectivity index (χ1v) is 9.28. The molecule has 0 aliphatic heterocycles. The van der Waals surface area contributed by atoms with Crippen LogP contribution in [0.5, 0.6) is 5.88 Å². The largest absolute Gasteiger partial charge is 0.478 e. The number of pyridine rings is 1. The fourth-order valence-corrected chi connectivity index (χ4v) is 2.95. The molecule has 5 nitrogen and oxygen atoms in total. The van der Waals surface area contributed by atoms with E-state index in [-0.39, 0.29) is 5.91 Å². The van der Waals surface area contributed by atoms with E-state index in [9.17, 15) is 4.79 Å². The number of ether oxygens (including phenoxy) is 2. The summed E-state index contributed by atoms with van der Waals surface area (Å²) in [5.74, 6) is 1.18. The summed E-state index contributed by atoms with van der Waals surface area (Å²) in [6, 6.07) is 3.60. The van der Waals surface area contributed by atoms with Gasteiger partial charge in [-0.3, -0.25) is 4.79 Å². The van der Waals surface area contributed by atoms with Gasteiger partial charge in [-0.25, -0.2) is 4.98 Å². The standard InChI is InChI=1S/C20H34N2O3/c1-7-8-11-25-18-10-9-17(14-21-18)22-19(23)20(24-6,12-15(2)3)13-16(4)5/h9-10,14-16H,7-8,11-13H2,1-6H3,(H,22,23). The van der Waals surface area contributed by atoms with Crippen LogP contribution in [0.3, 0.4) is 0 Å². The molecule has 142 valence electrons.